The Morgan fingerprint density at radius 1 is 1.03 bits per heavy atom. The van der Waals surface area contributed by atoms with Crippen molar-refractivity contribution in [3.05, 3.63) is 59.7 Å². The van der Waals surface area contributed by atoms with E-state index in [1.54, 1.807) is 22.5 Å². The number of carbonyl (C=O) groups excluding carboxylic acids is 1. The van der Waals surface area contributed by atoms with Crippen LogP contribution >= 0.6 is 0 Å². The Kier molecular flexibility index (Phi) is 7.09. The molecule has 6 heteroatoms. The standard InChI is InChI=1S/C23H30N2O3S/c1-18(2)20-10-12-21(13-11-20)24-23(26)14-9-19-7-6-8-22(17-19)29(27,28)25-15-4-3-5-16-25/h6-8,10-13,17-18H,3-5,9,14-16H2,1-2H3,(H,24,26). The fourth-order valence-electron chi connectivity index (χ4n) is 3.55. The molecule has 0 unspecified atom stereocenters. The van der Waals surface area contributed by atoms with E-state index in [0.29, 0.717) is 36.7 Å². The average molecular weight is 415 g/mol. The van der Waals surface area contributed by atoms with Crippen molar-refractivity contribution in [3.63, 3.8) is 0 Å². The molecular weight excluding hydrogens is 384 g/mol. The van der Waals surface area contributed by atoms with Crippen LogP contribution in [0, 0.1) is 0 Å². The van der Waals surface area contributed by atoms with Crippen LogP contribution in [0.5, 0.6) is 0 Å². The number of sulfonamides is 1. The highest BCUT2D eigenvalue weighted by Crippen LogP contribution is 2.22. The molecule has 0 bridgehead atoms. The summed E-state index contributed by atoms with van der Waals surface area (Å²) in [4.78, 5) is 12.6. The van der Waals surface area contributed by atoms with Crippen molar-refractivity contribution in [1.29, 1.82) is 0 Å². The first kappa shape index (κ1) is 21.5. The van der Waals surface area contributed by atoms with Gasteiger partial charge in [-0.15, -0.1) is 0 Å². The molecule has 1 saturated heterocycles. The van der Waals surface area contributed by atoms with Gasteiger partial charge in [0.05, 0.1) is 4.90 Å². The summed E-state index contributed by atoms with van der Waals surface area (Å²) < 4.78 is 27.3. The van der Waals surface area contributed by atoms with E-state index in [2.05, 4.69) is 19.2 Å². The number of rotatable bonds is 7. The molecule has 1 fully saturated rings. The lowest BCUT2D eigenvalue weighted by Gasteiger charge is -2.26. The maximum atomic E-state index is 12.8. The number of carbonyl (C=O) groups is 1. The fourth-order valence-corrected chi connectivity index (χ4v) is 5.14. The molecule has 0 radical (unpaired) electrons. The van der Waals surface area contributed by atoms with Crippen LogP contribution in [0.25, 0.3) is 0 Å². The number of anilines is 1. The third-order valence-corrected chi connectivity index (χ3v) is 7.25. The van der Waals surface area contributed by atoms with Gasteiger partial charge in [0.25, 0.3) is 0 Å². The highest BCUT2D eigenvalue weighted by atomic mass is 32.2. The molecule has 156 valence electrons. The smallest absolute Gasteiger partial charge is 0.243 e. The second-order valence-electron chi connectivity index (χ2n) is 7.94. The summed E-state index contributed by atoms with van der Waals surface area (Å²) in [6, 6.07) is 14.9. The van der Waals surface area contributed by atoms with Gasteiger partial charge in [0.2, 0.25) is 15.9 Å². The monoisotopic (exact) mass is 414 g/mol. The zero-order valence-corrected chi connectivity index (χ0v) is 18.0. The van der Waals surface area contributed by atoms with Crippen molar-refractivity contribution < 1.29 is 13.2 Å². The second kappa shape index (κ2) is 9.55. The molecular formula is C23H30N2O3S. The van der Waals surface area contributed by atoms with E-state index in [9.17, 15) is 13.2 Å². The summed E-state index contributed by atoms with van der Waals surface area (Å²) in [6.45, 7) is 5.44. The minimum Gasteiger partial charge on any atom is -0.326 e. The van der Waals surface area contributed by atoms with Gasteiger partial charge in [-0.05, 0) is 60.6 Å². The molecule has 1 heterocycles. The van der Waals surface area contributed by atoms with E-state index in [1.165, 1.54) is 5.56 Å². The number of hydrogen-bond donors (Lipinski definition) is 1. The number of amides is 1. The Bertz CT molecular complexity index is 931. The lowest BCUT2D eigenvalue weighted by molar-refractivity contribution is -0.116. The first-order valence-electron chi connectivity index (χ1n) is 10.3. The predicted octanol–water partition coefficient (Wildman–Crippen LogP) is 4.56. The number of nitrogens with zero attached hydrogens (tertiary/aromatic N) is 1. The highest BCUT2D eigenvalue weighted by Gasteiger charge is 2.25. The summed E-state index contributed by atoms with van der Waals surface area (Å²) in [5.74, 6) is 0.375. The molecule has 1 amide bonds. The molecule has 3 rings (SSSR count). The van der Waals surface area contributed by atoms with Gasteiger partial charge in [-0.2, -0.15) is 4.31 Å². The minimum absolute atomic E-state index is 0.0772. The Labute approximate surface area is 174 Å². The van der Waals surface area contributed by atoms with E-state index >= 15 is 0 Å². The van der Waals surface area contributed by atoms with Gasteiger partial charge in [-0.1, -0.05) is 44.5 Å². The maximum Gasteiger partial charge on any atom is 0.243 e. The van der Waals surface area contributed by atoms with E-state index in [0.717, 1.165) is 30.5 Å². The summed E-state index contributed by atoms with van der Waals surface area (Å²) in [6.07, 6.45) is 3.72. The highest BCUT2D eigenvalue weighted by molar-refractivity contribution is 7.89. The number of piperidine rings is 1. The molecule has 5 nitrogen and oxygen atoms in total. The average Bonchev–Trinajstić information content (AvgIpc) is 2.73. The summed E-state index contributed by atoms with van der Waals surface area (Å²) in [7, 11) is -3.45. The third-order valence-electron chi connectivity index (χ3n) is 5.35. The first-order chi connectivity index (χ1) is 13.9. The van der Waals surface area contributed by atoms with Crippen molar-refractivity contribution in [2.24, 2.45) is 0 Å². The molecule has 0 spiro atoms. The van der Waals surface area contributed by atoms with Crippen molar-refractivity contribution in [3.8, 4) is 0 Å². The van der Waals surface area contributed by atoms with Crippen LogP contribution in [-0.4, -0.2) is 31.7 Å². The minimum atomic E-state index is -3.45. The quantitative estimate of drug-likeness (QED) is 0.722. The SMILES string of the molecule is CC(C)c1ccc(NC(=O)CCc2cccc(S(=O)(=O)N3CCCCC3)c2)cc1. The second-order valence-corrected chi connectivity index (χ2v) is 9.87. The lowest BCUT2D eigenvalue weighted by Crippen LogP contribution is -2.35. The Morgan fingerprint density at radius 3 is 2.38 bits per heavy atom. The zero-order chi connectivity index (χ0) is 20.9. The maximum absolute atomic E-state index is 12.8. The van der Waals surface area contributed by atoms with Crippen LogP contribution in [0.4, 0.5) is 5.69 Å². The van der Waals surface area contributed by atoms with Crippen molar-refractivity contribution in [2.75, 3.05) is 18.4 Å². The normalized spacial score (nSPS) is 15.4. The number of aryl methyl sites for hydroxylation is 1. The van der Waals surface area contributed by atoms with Gasteiger partial charge in [0, 0.05) is 25.2 Å². The molecule has 0 aliphatic carbocycles. The van der Waals surface area contributed by atoms with Crippen LogP contribution in [0.3, 0.4) is 0 Å². The van der Waals surface area contributed by atoms with E-state index in [1.807, 2.05) is 30.3 Å². The number of hydrogen-bond acceptors (Lipinski definition) is 3. The van der Waals surface area contributed by atoms with Gasteiger partial charge < -0.3 is 5.32 Å². The van der Waals surface area contributed by atoms with Crippen molar-refractivity contribution >= 4 is 21.6 Å². The molecule has 2 aromatic rings. The molecule has 1 aliphatic rings. The Hall–Kier alpha value is -2.18. The molecule has 1 N–H and O–H groups in total. The van der Waals surface area contributed by atoms with Gasteiger partial charge in [0.1, 0.15) is 0 Å². The van der Waals surface area contributed by atoms with Gasteiger partial charge in [-0.25, -0.2) is 8.42 Å². The van der Waals surface area contributed by atoms with Gasteiger partial charge >= 0.3 is 0 Å². The lowest BCUT2D eigenvalue weighted by atomic mass is 10.0. The molecule has 0 saturated carbocycles. The third kappa shape index (κ3) is 5.67. The summed E-state index contributed by atoms with van der Waals surface area (Å²) in [5, 5.41) is 2.91. The number of benzene rings is 2. The molecule has 1 aliphatic heterocycles. The Morgan fingerprint density at radius 2 is 1.72 bits per heavy atom. The van der Waals surface area contributed by atoms with Crippen LogP contribution in [0.1, 0.15) is 56.6 Å². The molecule has 2 aromatic carbocycles. The molecule has 0 atom stereocenters. The van der Waals surface area contributed by atoms with Crippen molar-refractivity contribution in [2.45, 2.75) is 56.8 Å². The first-order valence-corrected chi connectivity index (χ1v) is 11.8. The van der Waals surface area contributed by atoms with E-state index < -0.39 is 10.0 Å². The predicted molar refractivity (Wildman–Crippen MR) is 117 cm³/mol. The number of nitrogens with one attached hydrogen (secondary N) is 1. The largest absolute Gasteiger partial charge is 0.326 e. The van der Waals surface area contributed by atoms with Crippen LogP contribution in [0.2, 0.25) is 0 Å². The molecule has 29 heavy (non-hydrogen) atoms. The van der Waals surface area contributed by atoms with Crippen LogP contribution < -0.4 is 5.32 Å². The van der Waals surface area contributed by atoms with Gasteiger partial charge in [-0.3, -0.25) is 4.79 Å². The summed E-state index contributed by atoms with van der Waals surface area (Å²) in [5.41, 5.74) is 2.86. The van der Waals surface area contributed by atoms with Crippen molar-refractivity contribution in [1.82, 2.24) is 4.31 Å². The Balaban J connectivity index is 1.59. The van der Waals surface area contributed by atoms with Gasteiger partial charge in [0.15, 0.2) is 0 Å². The zero-order valence-electron chi connectivity index (χ0n) is 17.2. The molecule has 0 aromatic heterocycles. The van der Waals surface area contributed by atoms with Crippen LogP contribution in [-0.2, 0) is 21.2 Å². The van der Waals surface area contributed by atoms with E-state index in [-0.39, 0.29) is 5.91 Å². The van der Waals surface area contributed by atoms with E-state index in [4.69, 9.17) is 0 Å². The fraction of sp³-hybridized carbons (Fsp3) is 0.435. The summed E-state index contributed by atoms with van der Waals surface area (Å²) >= 11 is 0. The van der Waals surface area contributed by atoms with Crippen LogP contribution in [0.15, 0.2) is 53.4 Å². The topological polar surface area (TPSA) is 66.5 Å².